The molecule has 0 spiro atoms. The molecule has 5 nitrogen and oxygen atoms in total. The number of rotatable bonds is 5. The van der Waals surface area contributed by atoms with Crippen molar-refractivity contribution >= 4 is 5.91 Å². The molecule has 1 saturated carbocycles. The van der Waals surface area contributed by atoms with Gasteiger partial charge in [-0.05, 0) is 39.1 Å². The summed E-state index contributed by atoms with van der Waals surface area (Å²) in [5.74, 6) is 0.670. The van der Waals surface area contributed by atoms with Gasteiger partial charge >= 0.3 is 0 Å². The van der Waals surface area contributed by atoms with Crippen LogP contribution in [0, 0.1) is 16.7 Å². The quantitative estimate of drug-likeness (QED) is 0.893. The van der Waals surface area contributed by atoms with Crippen LogP contribution in [0.4, 0.5) is 0 Å². The minimum absolute atomic E-state index is 0.0221. The van der Waals surface area contributed by atoms with E-state index in [2.05, 4.69) is 11.4 Å². The predicted octanol–water partition coefficient (Wildman–Crippen LogP) is 2.08. The van der Waals surface area contributed by atoms with Gasteiger partial charge in [0.25, 0.3) is 0 Å². The average Bonchev–Trinajstić information content (AvgIpc) is 3.10. The number of amides is 1. The third kappa shape index (κ3) is 2.86. The SMILES string of the molecule is CN(C)C(CNC(=O)C1(C#N)CCCC1)c1ccco1. The van der Waals surface area contributed by atoms with Crippen LogP contribution in [0.3, 0.4) is 0 Å². The van der Waals surface area contributed by atoms with Gasteiger partial charge in [-0.3, -0.25) is 9.69 Å². The van der Waals surface area contributed by atoms with Gasteiger partial charge in [-0.2, -0.15) is 5.26 Å². The molecule has 0 aromatic carbocycles. The molecule has 2 rings (SSSR count). The van der Waals surface area contributed by atoms with Crippen LogP contribution in [-0.4, -0.2) is 31.4 Å². The molecule has 0 bridgehead atoms. The first-order valence-corrected chi connectivity index (χ1v) is 6.98. The fraction of sp³-hybridized carbons (Fsp3) is 0.600. The molecule has 0 aliphatic heterocycles. The number of hydrogen-bond acceptors (Lipinski definition) is 4. The first-order valence-electron chi connectivity index (χ1n) is 6.98. The zero-order chi connectivity index (χ0) is 14.6. The van der Waals surface area contributed by atoms with Gasteiger partial charge in [0.2, 0.25) is 5.91 Å². The van der Waals surface area contributed by atoms with Crippen molar-refractivity contribution in [1.82, 2.24) is 10.2 Å². The predicted molar refractivity (Wildman–Crippen MR) is 74.7 cm³/mol. The van der Waals surface area contributed by atoms with Crippen molar-refractivity contribution in [2.24, 2.45) is 5.41 Å². The van der Waals surface area contributed by atoms with Crippen molar-refractivity contribution < 1.29 is 9.21 Å². The highest BCUT2D eigenvalue weighted by molar-refractivity contribution is 5.85. The van der Waals surface area contributed by atoms with Gasteiger partial charge in [0, 0.05) is 6.54 Å². The van der Waals surface area contributed by atoms with E-state index in [1.54, 1.807) is 6.26 Å². The van der Waals surface area contributed by atoms with Crippen LogP contribution in [0.5, 0.6) is 0 Å². The van der Waals surface area contributed by atoms with Gasteiger partial charge in [0.15, 0.2) is 0 Å². The van der Waals surface area contributed by atoms with E-state index in [-0.39, 0.29) is 11.9 Å². The Kier molecular flexibility index (Phi) is 4.46. The topological polar surface area (TPSA) is 69.3 Å². The molecular formula is C15H21N3O2. The highest BCUT2D eigenvalue weighted by Gasteiger charge is 2.41. The number of nitrogens with one attached hydrogen (secondary N) is 1. The first kappa shape index (κ1) is 14.6. The van der Waals surface area contributed by atoms with E-state index < -0.39 is 5.41 Å². The highest BCUT2D eigenvalue weighted by Crippen LogP contribution is 2.37. The molecule has 108 valence electrons. The molecule has 1 aliphatic rings. The Labute approximate surface area is 119 Å². The minimum Gasteiger partial charge on any atom is -0.468 e. The zero-order valence-electron chi connectivity index (χ0n) is 12.1. The largest absolute Gasteiger partial charge is 0.468 e. The Morgan fingerprint density at radius 1 is 1.55 bits per heavy atom. The Morgan fingerprint density at radius 3 is 2.75 bits per heavy atom. The number of likely N-dealkylation sites (N-methyl/N-ethyl adjacent to an activating group) is 1. The molecule has 0 radical (unpaired) electrons. The number of hydrogen-bond donors (Lipinski definition) is 1. The zero-order valence-corrected chi connectivity index (χ0v) is 12.1. The second kappa shape index (κ2) is 6.10. The molecule has 1 fully saturated rings. The number of nitrogens with zero attached hydrogens (tertiary/aromatic N) is 2. The third-order valence-corrected chi connectivity index (χ3v) is 4.06. The lowest BCUT2D eigenvalue weighted by Crippen LogP contribution is -2.42. The lowest BCUT2D eigenvalue weighted by atomic mass is 9.87. The highest BCUT2D eigenvalue weighted by atomic mass is 16.3. The van der Waals surface area contributed by atoms with Crippen molar-refractivity contribution in [1.29, 1.82) is 5.26 Å². The Bertz CT molecular complexity index is 482. The van der Waals surface area contributed by atoms with Crippen molar-refractivity contribution in [3.05, 3.63) is 24.2 Å². The van der Waals surface area contributed by atoms with Gasteiger partial charge in [-0.1, -0.05) is 12.8 Å². The third-order valence-electron chi connectivity index (χ3n) is 4.06. The molecule has 1 N–H and O–H groups in total. The number of carbonyl (C=O) groups excluding carboxylic acids is 1. The summed E-state index contributed by atoms with van der Waals surface area (Å²) in [7, 11) is 3.88. The summed E-state index contributed by atoms with van der Waals surface area (Å²) in [4.78, 5) is 14.3. The van der Waals surface area contributed by atoms with Gasteiger partial charge in [-0.25, -0.2) is 0 Å². The average molecular weight is 275 g/mol. The summed E-state index contributed by atoms with van der Waals surface area (Å²) in [5.41, 5.74) is -0.819. The maximum absolute atomic E-state index is 12.3. The lowest BCUT2D eigenvalue weighted by Gasteiger charge is -2.25. The molecule has 0 saturated heterocycles. The molecular weight excluding hydrogens is 254 g/mol. The molecule has 5 heteroatoms. The van der Waals surface area contributed by atoms with Gasteiger partial charge < -0.3 is 9.73 Å². The fourth-order valence-corrected chi connectivity index (χ4v) is 2.75. The van der Waals surface area contributed by atoms with E-state index in [9.17, 15) is 10.1 Å². The summed E-state index contributed by atoms with van der Waals surface area (Å²) >= 11 is 0. The maximum Gasteiger partial charge on any atom is 0.240 e. The smallest absolute Gasteiger partial charge is 0.240 e. The fourth-order valence-electron chi connectivity index (χ4n) is 2.75. The van der Waals surface area contributed by atoms with Gasteiger partial charge in [0.05, 0.1) is 18.4 Å². The molecule has 1 heterocycles. The molecule has 20 heavy (non-hydrogen) atoms. The minimum atomic E-state index is -0.819. The van der Waals surface area contributed by atoms with Crippen LogP contribution in [0.15, 0.2) is 22.8 Å². The summed E-state index contributed by atoms with van der Waals surface area (Å²) in [6, 6.07) is 5.92. The van der Waals surface area contributed by atoms with Crippen LogP contribution in [0.2, 0.25) is 0 Å². The van der Waals surface area contributed by atoms with Crippen LogP contribution in [0.1, 0.15) is 37.5 Å². The van der Waals surface area contributed by atoms with Gasteiger partial charge in [0.1, 0.15) is 11.2 Å². The maximum atomic E-state index is 12.3. The van der Waals surface area contributed by atoms with Crippen LogP contribution in [-0.2, 0) is 4.79 Å². The second-order valence-corrected chi connectivity index (χ2v) is 5.61. The van der Waals surface area contributed by atoms with E-state index in [1.165, 1.54) is 0 Å². The second-order valence-electron chi connectivity index (χ2n) is 5.61. The number of carbonyl (C=O) groups is 1. The van der Waals surface area contributed by atoms with Crippen LogP contribution < -0.4 is 5.32 Å². The van der Waals surface area contributed by atoms with Crippen molar-refractivity contribution in [3.8, 4) is 6.07 Å². The molecule has 1 unspecified atom stereocenters. The van der Waals surface area contributed by atoms with E-state index in [4.69, 9.17) is 4.42 Å². The molecule has 1 aromatic heterocycles. The molecule has 1 aromatic rings. The summed E-state index contributed by atoms with van der Waals surface area (Å²) < 4.78 is 5.41. The van der Waals surface area contributed by atoms with E-state index in [0.29, 0.717) is 19.4 Å². The normalized spacial score (nSPS) is 18.7. The summed E-state index contributed by atoms with van der Waals surface area (Å²) in [5, 5.41) is 12.2. The Morgan fingerprint density at radius 2 is 2.25 bits per heavy atom. The number of furan rings is 1. The van der Waals surface area contributed by atoms with Crippen molar-refractivity contribution in [2.75, 3.05) is 20.6 Å². The lowest BCUT2D eigenvalue weighted by molar-refractivity contribution is -0.128. The molecule has 1 amide bonds. The standard InChI is InChI=1S/C15H21N3O2/c1-18(2)12(13-6-5-9-20-13)10-17-14(19)15(11-16)7-3-4-8-15/h5-6,9,12H,3-4,7-8,10H2,1-2H3,(H,17,19). The molecule has 1 aliphatic carbocycles. The van der Waals surface area contributed by atoms with Gasteiger partial charge in [-0.15, -0.1) is 0 Å². The summed E-state index contributed by atoms with van der Waals surface area (Å²) in [6.07, 6.45) is 4.87. The van der Waals surface area contributed by atoms with Crippen LogP contribution in [0.25, 0.3) is 0 Å². The molecule has 1 atom stereocenters. The Balaban J connectivity index is 2.00. The van der Waals surface area contributed by atoms with E-state index in [1.807, 2.05) is 31.1 Å². The van der Waals surface area contributed by atoms with E-state index >= 15 is 0 Å². The van der Waals surface area contributed by atoms with Crippen LogP contribution >= 0.6 is 0 Å². The summed E-state index contributed by atoms with van der Waals surface area (Å²) in [6.45, 7) is 0.447. The van der Waals surface area contributed by atoms with Crippen molar-refractivity contribution in [3.63, 3.8) is 0 Å². The monoisotopic (exact) mass is 275 g/mol. The van der Waals surface area contributed by atoms with E-state index in [0.717, 1.165) is 18.6 Å². The first-order chi connectivity index (χ1) is 9.59. The van der Waals surface area contributed by atoms with Crippen molar-refractivity contribution in [2.45, 2.75) is 31.7 Å². The number of nitriles is 1. The Hall–Kier alpha value is -1.80.